The zero-order chi connectivity index (χ0) is 99.7. The number of hydrogen-bond donors (Lipinski definition) is 4. The Morgan fingerprint density at radius 1 is 0.275 bits per heavy atom. The number of nitrogens with one attached hydrogen (secondary N) is 4. The number of rotatable bonds is 40. The molecule has 0 saturated heterocycles. The molecular formula is C130H160N8O4. The summed E-state index contributed by atoms with van der Waals surface area (Å²) in [6.45, 7) is 37.0. The first-order valence-electron chi connectivity index (χ1n) is 55.4. The van der Waals surface area contributed by atoms with Crippen LogP contribution in [0.3, 0.4) is 0 Å². The van der Waals surface area contributed by atoms with Crippen LogP contribution in [-0.2, 0) is 58.0 Å². The van der Waals surface area contributed by atoms with Gasteiger partial charge in [-0.05, 0) is 353 Å². The molecule has 28 bridgehead atoms. The lowest BCUT2D eigenvalue weighted by atomic mass is 9.93. The van der Waals surface area contributed by atoms with Crippen molar-refractivity contribution >= 4 is 101 Å². The van der Waals surface area contributed by atoms with Gasteiger partial charge in [-0.3, -0.25) is 9.59 Å². The highest BCUT2D eigenvalue weighted by Crippen LogP contribution is 2.50. The molecule has 6 aromatic heterocycles. The standard InChI is InChI=1S/C130H160N8O4/c1-17-25-33-41-65-101-85(9)123-119-97-61-51-57-93(75-97)55-49-50-56-94-58-52-62-98(76-94)120-125-87(11)103(67-43-35-27-19-3)111(133-125)81-115-107(71-47-39-31-23-7)91(15)129(137-115)122(130-92(16)108(72-48-40-32-24-8)116(138-130)82-112-104(68-44-36-28-20-4)88(12)126(120)134-112)100-64-54-60-96(78-100)84-142-118(140)74-73-117(139)141-83-95-59-53-63-99(77-95)121(127-89(13)105(69-45-37-29-21-5)113(135-127)79-109(101)131-123)128-90(14)106(70-46-38-30-22-6)114(136-128)80-110-102(66-42-34-26-18-2)86(10)124(119)132-110/h51-54,57-64,75-82,131,133,136,138H,17-48,65-74,83-84H2,1-16H3. The van der Waals surface area contributed by atoms with Crippen molar-refractivity contribution in [2.75, 3.05) is 0 Å². The molecule has 12 heteroatoms. The van der Waals surface area contributed by atoms with Crippen LogP contribution in [0.15, 0.2) is 121 Å². The molecule has 18 rings (SSSR count). The number of H-pyrrole nitrogens is 4. The second-order valence-corrected chi connectivity index (χ2v) is 41.3. The maximum absolute atomic E-state index is 14.4. The zero-order valence-corrected chi connectivity index (χ0v) is 89.1. The van der Waals surface area contributed by atoms with Crippen molar-refractivity contribution in [2.45, 2.75) is 394 Å². The fraction of sp³-hybridized carbons (Fsp3) is 0.462. The van der Waals surface area contributed by atoms with Gasteiger partial charge in [-0.2, -0.15) is 0 Å². The highest BCUT2D eigenvalue weighted by atomic mass is 16.5. The Hall–Kier alpha value is -11.9. The summed E-state index contributed by atoms with van der Waals surface area (Å²) in [5, 5.41) is 0. The summed E-state index contributed by atoms with van der Waals surface area (Å²) in [6, 6.07) is 44.5. The Morgan fingerprint density at radius 3 is 0.754 bits per heavy atom. The maximum Gasteiger partial charge on any atom is 0.306 e. The number of unbranched alkanes of at least 4 members (excludes halogenated alkanes) is 24. The molecule has 0 unspecified atom stereocenters. The summed E-state index contributed by atoms with van der Waals surface area (Å²) in [6.07, 6.45) is 42.7. The summed E-state index contributed by atoms with van der Waals surface area (Å²) in [4.78, 5) is 70.0. The molecule has 0 saturated carbocycles. The predicted molar refractivity (Wildman–Crippen MR) is 602 cm³/mol. The van der Waals surface area contributed by atoms with Gasteiger partial charge in [-0.25, -0.2) is 19.9 Å². The van der Waals surface area contributed by atoms with Gasteiger partial charge in [0.1, 0.15) is 13.2 Å². The second-order valence-electron chi connectivity index (χ2n) is 41.3. The lowest BCUT2D eigenvalue weighted by molar-refractivity contribution is -0.151. The summed E-state index contributed by atoms with van der Waals surface area (Å²) >= 11 is 0. The molecule has 0 spiro atoms. The van der Waals surface area contributed by atoms with E-state index in [0.29, 0.717) is 0 Å². The van der Waals surface area contributed by atoms with Crippen LogP contribution >= 0.6 is 0 Å². The number of ether oxygens (including phenoxy) is 2. The van der Waals surface area contributed by atoms with E-state index >= 15 is 0 Å². The second kappa shape index (κ2) is 50.9. The average molecular weight is 1900 g/mol. The largest absolute Gasteiger partial charge is 0.461 e. The Kier molecular flexibility index (Phi) is 37.4. The van der Waals surface area contributed by atoms with Gasteiger partial charge in [0.2, 0.25) is 0 Å². The highest BCUT2D eigenvalue weighted by Gasteiger charge is 2.32. The van der Waals surface area contributed by atoms with Crippen LogP contribution in [0, 0.1) is 51.4 Å². The molecule has 8 aliphatic heterocycles. The molecule has 142 heavy (non-hydrogen) atoms. The molecule has 4 aromatic carbocycles. The number of carbonyl (C=O) groups excluding carboxylic acids is 2. The Labute approximate surface area is 849 Å². The smallest absolute Gasteiger partial charge is 0.306 e. The molecule has 0 aliphatic carbocycles. The van der Waals surface area contributed by atoms with Crippen molar-refractivity contribution < 1.29 is 19.1 Å². The Bertz CT molecular complexity index is 6480. The molecule has 0 amide bonds. The van der Waals surface area contributed by atoms with E-state index < -0.39 is 11.9 Å². The van der Waals surface area contributed by atoms with Crippen LogP contribution in [0.4, 0.5) is 0 Å². The number of benzene rings is 4. The molecule has 0 fully saturated rings. The molecule has 12 nitrogen and oxygen atoms in total. The Balaban J connectivity index is 1.01. The first-order valence-corrected chi connectivity index (χ1v) is 55.4. The summed E-state index contributed by atoms with van der Waals surface area (Å²) in [5.74, 6) is 13.3. The number of allylic oxidation sites excluding steroid dienone is 8. The predicted octanol–water partition coefficient (Wildman–Crippen LogP) is 36.2. The van der Waals surface area contributed by atoms with Gasteiger partial charge >= 0.3 is 11.9 Å². The number of esters is 2. The number of aromatic amines is 4. The van der Waals surface area contributed by atoms with Gasteiger partial charge in [0.05, 0.1) is 80.5 Å². The van der Waals surface area contributed by atoms with Crippen LogP contribution in [0.25, 0.3) is 133 Å². The number of aryl methyl sites for hydroxylation is 8. The quantitative estimate of drug-likeness (QED) is 0.0167. The lowest BCUT2D eigenvalue weighted by Crippen LogP contribution is -2.10. The average Bonchev–Trinajstić information content (AvgIpc) is 1.59. The lowest BCUT2D eigenvalue weighted by Gasteiger charge is -2.12. The topological polar surface area (TPSA) is 167 Å². The first kappa shape index (κ1) is 104. The number of carbonyl (C=O) groups is 2. The van der Waals surface area contributed by atoms with Crippen molar-refractivity contribution in [1.29, 1.82) is 0 Å². The summed E-state index contributed by atoms with van der Waals surface area (Å²) < 4.78 is 12.6. The maximum atomic E-state index is 14.4. The van der Waals surface area contributed by atoms with Crippen LogP contribution < -0.4 is 0 Å². The molecule has 10 aromatic rings. The number of aromatic nitrogens is 8. The van der Waals surface area contributed by atoms with Gasteiger partial charge in [0.25, 0.3) is 0 Å². The first-order chi connectivity index (χ1) is 69.3. The minimum Gasteiger partial charge on any atom is -0.461 e. The summed E-state index contributed by atoms with van der Waals surface area (Å²) in [7, 11) is 0. The molecule has 744 valence electrons. The van der Waals surface area contributed by atoms with E-state index in [1.165, 1.54) is 115 Å². The van der Waals surface area contributed by atoms with Crippen LogP contribution in [0.5, 0.6) is 0 Å². The van der Waals surface area contributed by atoms with E-state index in [4.69, 9.17) is 29.4 Å². The molecule has 8 aliphatic rings. The van der Waals surface area contributed by atoms with E-state index in [2.05, 4.69) is 264 Å². The molecule has 0 radical (unpaired) electrons. The molecule has 0 atom stereocenters. The number of nitrogens with zero attached hydrogens (tertiary/aromatic N) is 4. The third-order valence-corrected chi connectivity index (χ3v) is 30.9. The van der Waals surface area contributed by atoms with Gasteiger partial charge < -0.3 is 29.4 Å². The number of hydrogen-bond acceptors (Lipinski definition) is 8. The zero-order valence-electron chi connectivity index (χ0n) is 89.1. The van der Waals surface area contributed by atoms with E-state index in [9.17, 15) is 9.59 Å². The SMILES string of the molecule is CCCCCCC1=C(C)c2nc1cc1[nH]c(c(C)c1CCCCCC)c1c3nc(cc4[nH]c(c(C)c4CCCCCC)c2-c2cccc(c2)COC(=O)CCC(=O)OCc2cccc(c2)-c2c4nc(cc5[nH]c(c(C)c5CCCCCC)c(c5nc(cc6[nH]c2c(C)c6CCCCCC)C(CCCCCC)=C5C)-c2cccc(c2)C#CC#Cc2cccc-1c2)C(CCCCCC)=C4C)C(CCCCCC)=C3C. The van der Waals surface area contributed by atoms with E-state index in [-0.39, 0.29) is 26.1 Å². The highest BCUT2D eigenvalue weighted by molar-refractivity contribution is 6.07. The van der Waals surface area contributed by atoms with Crippen LogP contribution in [-0.4, -0.2) is 51.8 Å². The van der Waals surface area contributed by atoms with Crippen molar-refractivity contribution in [3.05, 3.63) is 234 Å². The molecule has 4 N–H and O–H groups in total. The van der Waals surface area contributed by atoms with Gasteiger partial charge in [-0.1, -0.05) is 282 Å². The normalized spacial score (nSPS) is 13.5. The van der Waals surface area contributed by atoms with Crippen LogP contribution in [0.1, 0.15) is 439 Å². The molecule has 14 heterocycles. The van der Waals surface area contributed by atoms with E-state index in [1.807, 2.05) is 12.1 Å². The monoisotopic (exact) mass is 1900 g/mol. The Morgan fingerprint density at radius 2 is 0.507 bits per heavy atom. The third kappa shape index (κ3) is 24.6. The fourth-order valence-electron chi connectivity index (χ4n) is 22.5. The van der Waals surface area contributed by atoms with Gasteiger partial charge in [0, 0.05) is 55.4 Å². The van der Waals surface area contributed by atoms with E-state index in [1.54, 1.807) is 0 Å². The minimum atomic E-state index is -0.471. The third-order valence-electron chi connectivity index (χ3n) is 30.9. The molecular weight excluding hydrogens is 1740 g/mol. The fourth-order valence-corrected chi connectivity index (χ4v) is 22.5. The van der Waals surface area contributed by atoms with Crippen molar-refractivity contribution in [1.82, 2.24) is 39.9 Å². The van der Waals surface area contributed by atoms with E-state index in [0.717, 1.165) is 388 Å². The minimum absolute atomic E-state index is 0.0118. The van der Waals surface area contributed by atoms with Crippen molar-refractivity contribution in [3.63, 3.8) is 0 Å². The van der Waals surface area contributed by atoms with Crippen LogP contribution in [0.2, 0.25) is 0 Å². The van der Waals surface area contributed by atoms with Gasteiger partial charge in [0.15, 0.2) is 0 Å². The summed E-state index contributed by atoms with van der Waals surface area (Å²) in [5.41, 5.74) is 47.7. The van der Waals surface area contributed by atoms with Crippen molar-refractivity contribution in [3.8, 4) is 68.2 Å². The van der Waals surface area contributed by atoms with Gasteiger partial charge in [-0.15, -0.1) is 0 Å². The van der Waals surface area contributed by atoms with Crippen molar-refractivity contribution in [2.24, 2.45) is 0 Å².